The molecule has 1 aromatic rings. The lowest BCUT2D eigenvalue weighted by Gasteiger charge is -2.11. The van der Waals surface area contributed by atoms with Gasteiger partial charge in [0.15, 0.2) is 0 Å². The minimum absolute atomic E-state index is 0.0366. The fourth-order valence-electron chi connectivity index (χ4n) is 2.02. The zero-order valence-corrected chi connectivity index (χ0v) is 12.6. The molecule has 1 saturated carbocycles. The second kappa shape index (κ2) is 4.85. The first-order valence-corrected chi connectivity index (χ1v) is 8.15. The van der Waals surface area contributed by atoms with Crippen LogP contribution in [0.1, 0.15) is 31.4 Å². The van der Waals surface area contributed by atoms with Crippen LogP contribution in [-0.4, -0.2) is 19.4 Å². The number of hydrogen-bond donors (Lipinski definition) is 2. The van der Waals surface area contributed by atoms with Crippen molar-refractivity contribution in [2.75, 3.05) is 0 Å². The van der Waals surface area contributed by atoms with E-state index in [1.54, 1.807) is 24.3 Å². The van der Waals surface area contributed by atoms with E-state index in [1.807, 2.05) is 13.8 Å². The molecule has 3 N–H and O–H groups in total. The van der Waals surface area contributed by atoms with Gasteiger partial charge in [-0.05, 0) is 17.4 Å². The smallest absolute Gasteiger partial charge is 0.216 e. The third kappa shape index (κ3) is 3.52. The molecular weight excluding hydrogens is 280 g/mol. The van der Waals surface area contributed by atoms with Crippen molar-refractivity contribution in [3.8, 4) is 0 Å². The average molecular weight is 298 g/mol. The second-order valence-corrected chi connectivity index (χ2v) is 7.84. The lowest BCUT2D eigenvalue weighted by molar-refractivity contribution is 0.554. The van der Waals surface area contributed by atoms with E-state index in [1.165, 1.54) is 0 Å². The van der Waals surface area contributed by atoms with Crippen molar-refractivity contribution in [3.63, 3.8) is 0 Å². The Kier molecular flexibility index (Phi) is 3.68. The van der Waals surface area contributed by atoms with Crippen LogP contribution in [0.5, 0.6) is 0 Å². The van der Waals surface area contributed by atoms with Crippen molar-refractivity contribution in [3.05, 3.63) is 35.4 Å². The molecule has 0 amide bonds. The van der Waals surface area contributed by atoms with Crippen molar-refractivity contribution >= 4 is 27.2 Å². The van der Waals surface area contributed by atoms with Gasteiger partial charge < -0.3 is 5.73 Å². The summed E-state index contributed by atoms with van der Waals surface area (Å²) < 4.78 is 27.0. The summed E-state index contributed by atoms with van der Waals surface area (Å²) in [6, 6.07) is 7.10. The fraction of sp³-hybridized carbons (Fsp3) is 0.462. The number of sulfonamides is 1. The number of benzene rings is 1. The van der Waals surface area contributed by atoms with Gasteiger partial charge in [-0.25, -0.2) is 13.1 Å². The van der Waals surface area contributed by atoms with E-state index in [9.17, 15) is 8.42 Å². The Morgan fingerprint density at radius 3 is 2.58 bits per heavy atom. The van der Waals surface area contributed by atoms with E-state index >= 15 is 0 Å². The molecule has 0 aromatic heterocycles. The highest BCUT2D eigenvalue weighted by molar-refractivity contribution is 7.88. The Bertz CT molecular complexity index is 609. The lowest BCUT2D eigenvalue weighted by Crippen LogP contribution is -2.30. The van der Waals surface area contributed by atoms with E-state index in [0.29, 0.717) is 11.1 Å². The van der Waals surface area contributed by atoms with E-state index < -0.39 is 10.0 Å². The molecule has 104 valence electrons. The third-order valence-corrected chi connectivity index (χ3v) is 5.02. The SMILES string of the molecule is CC1(C)CC1NS(=O)(=O)Cc1ccccc1C(N)=S. The maximum absolute atomic E-state index is 12.1. The van der Waals surface area contributed by atoms with Crippen LogP contribution in [0, 0.1) is 5.41 Å². The molecule has 19 heavy (non-hydrogen) atoms. The molecule has 6 heteroatoms. The van der Waals surface area contributed by atoms with Crippen LogP contribution in [0.2, 0.25) is 0 Å². The molecule has 0 bridgehead atoms. The number of hydrogen-bond acceptors (Lipinski definition) is 3. The number of nitrogens with two attached hydrogens (primary N) is 1. The quantitative estimate of drug-likeness (QED) is 0.809. The van der Waals surface area contributed by atoms with E-state index in [-0.39, 0.29) is 22.2 Å². The van der Waals surface area contributed by atoms with E-state index in [2.05, 4.69) is 4.72 Å². The molecule has 1 unspecified atom stereocenters. The van der Waals surface area contributed by atoms with Crippen LogP contribution < -0.4 is 10.5 Å². The maximum Gasteiger partial charge on any atom is 0.216 e. The maximum atomic E-state index is 12.1. The molecule has 4 nitrogen and oxygen atoms in total. The molecule has 0 aliphatic heterocycles. The number of nitrogens with one attached hydrogen (secondary N) is 1. The monoisotopic (exact) mass is 298 g/mol. The highest BCUT2D eigenvalue weighted by Crippen LogP contribution is 2.45. The predicted octanol–water partition coefficient (Wildman–Crippen LogP) is 1.54. The minimum atomic E-state index is -3.36. The summed E-state index contributed by atoms with van der Waals surface area (Å²) in [6.07, 6.45) is 0.878. The van der Waals surface area contributed by atoms with Crippen LogP contribution >= 0.6 is 12.2 Å². The van der Waals surface area contributed by atoms with E-state index in [0.717, 1.165) is 6.42 Å². The normalized spacial score (nSPS) is 21.1. The van der Waals surface area contributed by atoms with Gasteiger partial charge in [-0.2, -0.15) is 0 Å². The highest BCUT2D eigenvalue weighted by atomic mass is 32.2. The molecule has 0 saturated heterocycles. The topological polar surface area (TPSA) is 72.2 Å². The first-order valence-electron chi connectivity index (χ1n) is 6.09. The predicted molar refractivity (Wildman–Crippen MR) is 80.3 cm³/mol. The van der Waals surface area contributed by atoms with Gasteiger partial charge >= 0.3 is 0 Å². The van der Waals surface area contributed by atoms with Gasteiger partial charge in [0.05, 0.1) is 5.75 Å². The Balaban J connectivity index is 2.15. The van der Waals surface area contributed by atoms with Crippen molar-refractivity contribution in [1.29, 1.82) is 0 Å². The van der Waals surface area contributed by atoms with Gasteiger partial charge in [-0.1, -0.05) is 50.3 Å². The van der Waals surface area contributed by atoms with E-state index in [4.69, 9.17) is 18.0 Å². The van der Waals surface area contributed by atoms with Crippen molar-refractivity contribution in [2.45, 2.75) is 32.1 Å². The molecule has 2 rings (SSSR count). The molecule has 1 aliphatic carbocycles. The Labute approximate surface area is 119 Å². The summed E-state index contributed by atoms with van der Waals surface area (Å²) in [5, 5.41) is 0. The van der Waals surface area contributed by atoms with Crippen molar-refractivity contribution in [1.82, 2.24) is 4.72 Å². The molecule has 1 fully saturated rings. The average Bonchev–Trinajstić information content (AvgIpc) is 2.84. The van der Waals surface area contributed by atoms with Gasteiger partial charge in [0.25, 0.3) is 0 Å². The zero-order chi connectivity index (χ0) is 14.3. The zero-order valence-electron chi connectivity index (χ0n) is 11.0. The van der Waals surface area contributed by atoms with Crippen LogP contribution in [0.3, 0.4) is 0 Å². The number of thiocarbonyl (C=S) groups is 1. The molecule has 0 spiro atoms. The standard InChI is InChI=1S/C13H18N2O2S2/c1-13(2)7-11(13)15-19(16,17)8-9-5-3-4-6-10(9)12(14)18/h3-6,11,15H,7-8H2,1-2H3,(H2,14,18). The van der Waals surface area contributed by atoms with Gasteiger partial charge in [-0.3, -0.25) is 0 Å². The van der Waals surface area contributed by atoms with Gasteiger partial charge in [0.1, 0.15) is 4.99 Å². The summed E-state index contributed by atoms with van der Waals surface area (Å²) in [6.45, 7) is 4.09. The van der Waals surface area contributed by atoms with Gasteiger partial charge in [0, 0.05) is 11.6 Å². The third-order valence-electron chi connectivity index (χ3n) is 3.46. The summed E-state index contributed by atoms with van der Waals surface area (Å²) >= 11 is 4.94. The second-order valence-electron chi connectivity index (χ2n) is 5.64. The van der Waals surface area contributed by atoms with Crippen molar-refractivity contribution < 1.29 is 8.42 Å². The van der Waals surface area contributed by atoms with Gasteiger partial charge in [-0.15, -0.1) is 0 Å². The Morgan fingerprint density at radius 1 is 1.47 bits per heavy atom. The molecule has 1 aliphatic rings. The molecule has 0 radical (unpaired) electrons. The van der Waals surface area contributed by atoms with Crippen LogP contribution in [-0.2, 0) is 15.8 Å². The molecule has 1 aromatic carbocycles. The summed E-state index contributed by atoms with van der Waals surface area (Å²) in [7, 11) is -3.36. The summed E-state index contributed by atoms with van der Waals surface area (Å²) in [4.78, 5) is 0.220. The van der Waals surface area contributed by atoms with Crippen LogP contribution in [0.25, 0.3) is 0 Å². The van der Waals surface area contributed by atoms with Crippen LogP contribution in [0.15, 0.2) is 24.3 Å². The first-order chi connectivity index (χ1) is 8.71. The lowest BCUT2D eigenvalue weighted by atomic mass is 10.1. The van der Waals surface area contributed by atoms with Crippen molar-refractivity contribution in [2.24, 2.45) is 11.1 Å². The molecule has 1 atom stereocenters. The summed E-state index contributed by atoms with van der Waals surface area (Å²) in [5.74, 6) is -0.0902. The molecular formula is C13H18N2O2S2. The fourth-order valence-corrected chi connectivity index (χ4v) is 3.80. The first kappa shape index (κ1) is 14.4. The molecule has 0 heterocycles. The Morgan fingerprint density at radius 2 is 2.05 bits per heavy atom. The number of rotatable bonds is 5. The minimum Gasteiger partial charge on any atom is -0.389 e. The van der Waals surface area contributed by atoms with Gasteiger partial charge in [0.2, 0.25) is 10.0 Å². The largest absolute Gasteiger partial charge is 0.389 e. The summed E-state index contributed by atoms with van der Waals surface area (Å²) in [5.41, 5.74) is 6.93. The van der Waals surface area contributed by atoms with Crippen LogP contribution in [0.4, 0.5) is 0 Å². The highest BCUT2D eigenvalue weighted by Gasteiger charge is 2.47. The Hall–Kier alpha value is -0.980.